The number of nitro groups is 1. The fraction of sp³-hybridized carbons (Fsp3) is 0.143. The number of carboxylic acids is 1. The van der Waals surface area contributed by atoms with Gasteiger partial charge >= 0.3 is 11.7 Å². The zero-order valence-corrected chi connectivity index (χ0v) is 12.1. The first-order chi connectivity index (χ1) is 10.6. The summed E-state index contributed by atoms with van der Waals surface area (Å²) in [6.07, 6.45) is 0.407. The predicted octanol–water partition coefficient (Wildman–Crippen LogP) is 2.71. The fourth-order valence-electron chi connectivity index (χ4n) is 1.68. The van der Waals surface area contributed by atoms with Gasteiger partial charge in [0.25, 0.3) is 0 Å². The number of rotatable bonds is 7. The van der Waals surface area contributed by atoms with Gasteiger partial charge in [-0.05, 0) is 11.6 Å². The van der Waals surface area contributed by atoms with E-state index in [9.17, 15) is 20.0 Å². The zero-order valence-electron chi connectivity index (χ0n) is 11.3. The molecule has 2 aromatic rings. The summed E-state index contributed by atoms with van der Waals surface area (Å²) in [5.41, 5.74) is 0.572. The van der Waals surface area contributed by atoms with Gasteiger partial charge in [-0.1, -0.05) is 30.3 Å². The van der Waals surface area contributed by atoms with Gasteiger partial charge in [0, 0.05) is 18.7 Å². The maximum Gasteiger partial charge on any atom is 0.334 e. The van der Waals surface area contributed by atoms with E-state index in [1.807, 2.05) is 6.07 Å². The topological polar surface area (TPSA) is 103 Å². The quantitative estimate of drug-likeness (QED) is 0.475. The summed E-state index contributed by atoms with van der Waals surface area (Å²) in [6.45, 7) is 0. The molecular weight excluding hydrogens is 308 g/mol. The van der Waals surface area contributed by atoms with Crippen LogP contribution >= 0.6 is 12.0 Å². The number of carboxylic acid groups (broad SMARTS) is 1. The van der Waals surface area contributed by atoms with Gasteiger partial charge in [0.05, 0.1) is 17.0 Å². The highest BCUT2D eigenvalue weighted by Crippen LogP contribution is 2.28. The molecule has 1 atom stereocenters. The normalized spacial score (nSPS) is 11.8. The first kappa shape index (κ1) is 15.9. The minimum atomic E-state index is -1.14. The molecule has 7 nitrogen and oxygen atoms in total. The Labute approximate surface area is 130 Å². The maximum atomic E-state index is 11.3. The summed E-state index contributed by atoms with van der Waals surface area (Å²) in [6, 6.07) is 11.7. The van der Waals surface area contributed by atoms with Crippen molar-refractivity contribution in [2.24, 2.45) is 0 Å². The molecule has 8 heteroatoms. The zero-order chi connectivity index (χ0) is 15.9. The summed E-state index contributed by atoms with van der Waals surface area (Å²) in [4.78, 5) is 25.4. The lowest BCUT2D eigenvalue weighted by Gasteiger charge is -2.12. The van der Waals surface area contributed by atoms with Crippen molar-refractivity contribution in [3.05, 3.63) is 64.3 Å². The summed E-state index contributed by atoms with van der Waals surface area (Å²) in [7, 11) is 0. The molecule has 0 amide bonds. The lowest BCUT2D eigenvalue weighted by molar-refractivity contribution is -0.388. The van der Waals surface area contributed by atoms with Crippen molar-refractivity contribution in [1.29, 1.82) is 0 Å². The standard InChI is InChI=1S/C14H12N2O5S/c17-14(18)12(9-10-5-2-1-3-6-10)21-22-13-11(16(19)20)7-4-8-15-13/h1-8,12H,9H2,(H,17,18). The number of benzene rings is 1. The van der Waals surface area contributed by atoms with Crippen LogP contribution in [0.1, 0.15) is 5.56 Å². The van der Waals surface area contributed by atoms with Gasteiger partial charge in [-0.25, -0.2) is 9.78 Å². The van der Waals surface area contributed by atoms with Crippen molar-refractivity contribution < 1.29 is 19.0 Å². The molecule has 0 aliphatic heterocycles. The summed E-state index contributed by atoms with van der Waals surface area (Å²) in [5, 5.41) is 20.1. The Kier molecular flexibility index (Phi) is 5.45. The molecule has 0 spiro atoms. The smallest absolute Gasteiger partial charge is 0.334 e. The second-order valence-corrected chi connectivity index (χ2v) is 5.03. The Hall–Kier alpha value is -2.45. The number of aliphatic carboxylic acids is 1. The van der Waals surface area contributed by atoms with E-state index in [2.05, 4.69) is 4.98 Å². The lowest BCUT2D eigenvalue weighted by atomic mass is 10.1. The van der Waals surface area contributed by atoms with Gasteiger partial charge in [0.2, 0.25) is 5.03 Å². The van der Waals surface area contributed by atoms with Crippen LogP contribution in [0.25, 0.3) is 0 Å². The molecule has 1 unspecified atom stereocenters. The molecule has 1 aromatic heterocycles. The van der Waals surface area contributed by atoms with Crippen LogP contribution in [0.15, 0.2) is 53.7 Å². The molecule has 1 N–H and O–H groups in total. The molecular formula is C14H12N2O5S. The van der Waals surface area contributed by atoms with Crippen molar-refractivity contribution in [2.75, 3.05) is 0 Å². The average Bonchev–Trinajstić information content (AvgIpc) is 2.52. The van der Waals surface area contributed by atoms with E-state index in [0.717, 1.165) is 5.56 Å². The van der Waals surface area contributed by atoms with Gasteiger partial charge in [0.15, 0.2) is 6.10 Å². The van der Waals surface area contributed by atoms with E-state index in [4.69, 9.17) is 4.18 Å². The Morgan fingerprint density at radius 2 is 2.05 bits per heavy atom. The molecule has 1 aromatic carbocycles. The van der Waals surface area contributed by atoms with E-state index >= 15 is 0 Å². The van der Waals surface area contributed by atoms with Crippen molar-refractivity contribution in [3.8, 4) is 0 Å². The molecule has 0 radical (unpaired) electrons. The Morgan fingerprint density at radius 1 is 1.32 bits per heavy atom. The summed E-state index contributed by atoms with van der Waals surface area (Å²) < 4.78 is 5.23. The minimum Gasteiger partial charge on any atom is -0.479 e. The molecule has 1 heterocycles. The summed E-state index contributed by atoms with van der Waals surface area (Å²) >= 11 is 0.597. The van der Waals surface area contributed by atoms with Gasteiger partial charge in [-0.15, -0.1) is 0 Å². The minimum absolute atomic E-state index is 0.0202. The molecule has 0 fully saturated rings. The van der Waals surface area contributed by atoms with Crippen LogP contribution in [0.4, 0.5) is 5.69 Å². The van der Waals surface area contributed by atoms with Crippen molar-refractivity contribution >= 4 is 23.7 Å². The summed E-state index contributed by atoms with van der Waals surface area (Å²) in [5.74, 6) is -1.14. The number of nitrogens with zero attached hydrogens (tertiary/aromatic N) is 2. The van der Waals surface area contributed by atoms with Crippen LogP contribution in [0.3, 0.4) is 0 Å². The second kappa shape index (κ2) is 7.53. The number of hydrogen-bond acceptors (Lipinski definition) is 6. The average molecular weight is 320 g/mol. The van der Waals surface area contributed by atoms with Crippen molar-refractivity contribution in [3.63, 3.8) is 0 Å². The highest BCUT2D eigenvalue weighted by atomic mass is 32.2. The van der Waals surface area contributed by atoms with E-state index in [1.165, 1.54) is 18.3 Å². The van der Waals surface area contributed by atoms with Gasteiger partial charge in [0.1, 0.15) is 0 Å². The highest BCUT2D eigenvalue weighted by Gasteiger charge is 2.23. The SMILES string of the molecule is O=C(O)C(Cc1ccccc1)OSc1ncccc1[N+](=O)[O-]. The predicted molar refractivity (Wildman–Crippen MR) is 79.4 cm³/mol. The largest absolute Gasteiger partial charge is 0.479 e. The molecule has 0 saturated carbocycles. The molecule has 0 saturated heterocycles. The van der Waals surface area contributed by atoms with Crippen molar-refractivity contribution in [2.45, 2.75) is 17.6 Å². The van der Waals surface area contributed by atoms with Gasteiger partial charge < -0.3 is 5.11 Å². The third-order valence-electron chi connectivity index (χ3n) is 2.73. The van der Waals surface area contributed by atoms with Crippen LogP contribution < -0.4 is 0 Å². The lowest BCUT2D eigenvalue weighted by Crippen LogP contribution is -2.24. The first-order valence-corrected chi connectivity index (χ1v) is 7.01. The molecule has 0 bridgehead atoms. The van der Waals surface area contributed by atoms with Crippen LogP contribution in [0, 0.1) is 10.1 Å². The van der Waals surface area contributed by atoms with Gasteiger partial charge in [-0.2, -0.15) is 0 Å². The first-order valence-electron chi connectivity index (χ1n) is 6.27. The number of aromatic nitrogens is 1. The molecule has 22 heavy (non-hydrogen) atoms. The monoisotopic (exact) mass is 320 g/mol. The molecule has 0 aliphatic rings. The van der Waals surface area contributed by atoms with E-state index in [-0.39, 0.29) is 17.1 Å². The Bertz CT molecular complexity index is 665. The number of hydrogen-bond donors (Lipinski definition) is 1. The van der Waals surface area contributed by atoms with Crippen molar-refractivity contribution in [1.82, 2.24) is 4.98 Å². The maximum absolute atomic E-state index is 11.3. The Balaban J connectivity index is 2.07. The molecule has 114 valence electrons. The van der Waals surface area contributed by atoms with Gasteiger partial charge in [-0.3, -0.25) is 14.3 Å². The van der Waals surface area contributed by atoms with Crippen LogP contribution in [-0.2, 0) is 15.4 Å². The third-order valence-corrected chi connectivity index (χ3v) is 3.53. The van der Waals surface area contributed by atoms with E-state index in [0.29, 0.717) is 12.0 Å². The van der Waals surface area contributed by atoms with E-state index in [1.54, 1.807) is 24.3 Å². The number of carbonyl (C=O) groups is 1. The molecule has 0 aliphatic carbocycles. The van der Waals surface area contributed by atoms with Crippen LogP contribution in [0.2, 0.25) is 0 Å². The highest BCUT2D eigenvalue weighted by molar-refractivity contribution is 7.94. The third kappa shape index (κ3) is 4.27. The number of pyridine rings is 1. The van der Waals surface area contributed by atoms with Crippen LogP contribution in [-0.4, -0.2) is 27.1 Å². The van der Waals surface area contributed by atoms with E-state index < -0.39 is 17.0 Å². The molecule has 2 rings (SSSR count). The Morgan fingerprint density at radius 3 is 2.68 bits per heavy atom. The van der Waals surface area contributed by atoms with Crippen LogP contribution in [0.5, 0.6) is 0 Å². The second-order valence-electron chi connectivity index (χ2n) is 4.28. The fourth-order valence-corrected chi connectivity index (χ4v) is 2.37.